The third kappa shape index (κ3) is 5.77. The molecule has 0 bridgehead atoms. The van der Waals surface area contributed by atoms with E-state index >= 15 is 0 Å². The molecule has 0 aliphatic carbocycles. The number of piperazine rings is 1. The number of carbonyl (C=O) groups excluding carboxylic acids is 1. The molecule has 0 radical (unpaired) electrons. The molecule has 1 N–H and O–H groups in total. The number of nitrogens with one attached hydrogen (secondary N) is 1. The fourth-order valence-electron chi connectivity index (χ4n) is 2.81. The first-order valence-electron chi connectivity index (χ1n) is 8.50. The number of nitrogens with zero attached hydrogens (tertiary/aromatic N) is 4. The molecule has 130 valence electrons. The molecule has 1 amide bonds. The van der Waals surface area contributed by atoms with Crippen molar-refractivity contribution in [3.63, 3.8) is 0 Å². The van der Waals surface area contributed by atoms with Gasteiger partial charge in [0.15, 0.2) is 0 Å². The fraction of sp³-hybridized carbons (Fsp3) is 0.316. The number of amides is 1. The Labute approximate surface area is 148 Å². The zero-order chi connectivity index (χ0) is 17.3. The first-order chi connectivity index (χ1) is 12.3. The number of hydrazone groups is 1. The zero-order valence-corrected chi connectivity index (χ0v) is 14.2. The fourth-order valence-corrected chi connectivity index (χ4v) is 2.81. The highest BCUT2D eigenvalue weighted by Crippen LogP contribution is 2.08. The lowest BCUT2D eigenvalue weighted by atomic mass is 10.2. The number of aromatic nitrogens is 1. The van der Waals surface area contributed by atoms with E-state index in [2.05, 4.69) is 49.6 Å². The molecule has 1 aromatic carbocycles. The minimum Gasteiger partial charge on any atom is -0.297 e. The third-order valence-corrected chi connectivity index (χ3v) is 4.19. The van der Waals surface area contributed by atoms with Crippen LogP contribution in [-0.4, -0.2) is 59.6 Å². The molecule has 0 spiro atoms. The number of hydrogen-bond donors (Lipinski definition) is 1. The molecule has 25 heavy (non-hydrogen) atoms. The number of hydrogen-bond acceptors (Lipinski definition) is 5. The van der Waals surface area contributed by atoms with Crippen molar-refractivity contribution in [1.29, 1.82) is 0 Å². The van der Waals surface area contributed by atoms with Crippen LogP contribution in [0.5, 0.6) is 0 Å². The molecule has 0 atom stereocenters. The average molecular weight is 337 g/mol. The largest absolute Gasteiger partial charge is 0.297 e. The Morgan fingerprint density at radius 3 is 2.44 bits per heavy atom. The maximum atomic E-state index is 12.0. The van der Waals surface area contributed by atoms with Gasteiger partial charge in [0, 0.05) is 45.1 Å². The quantitative estimate of drug-likeness (QED) is 0.638. The summed E-state index contributed by atoms with van der Waals surface area (Å²) in [5.74, 6) is -0.0817. The summed E-state index contributed by atoms with van der Waals surface area (Å²) in [6.45, 7) is 5.09. The zero-order valence-electron chi connectivity index (χ0n) is 14.2. The van der Waals surface area contributed by atoms with Gasteiger partial charge in [0.2, 0.25) is 0 Å². The maximum Gasteiger partial charge on any atom is 0.254 e. The summed E-state index contributed by atoms with van der Waals surface area (Å²) in [6.07, 6.45) is 5.01. The van der Waals surface area contributed by atoms with Gasteiger partial charge in [-0.05, 0) is 23.3 Å². The van der Waals surface area contributed by atoms with Crippen LogP contribution >= 0.6 is 0 Å². The van der Waals surface area contributed by atoms with E-state index in [1.807, 2.05) is 18.2 Å². The van der Waals surface area contributed by atoms with Gasteiger partial charge in [-0.15, -0.1) is 0 Å². The van der Waals surface area contributed by atoms with Crippen LogP contribution in [0.2, 0.25) is 0 Å². The van der Waals surface area contributed by atoms with E-state index in [9.17, 15) is 4.79 Å². The number of rotatable bonds is 6. The van der Waals surface area contributed by atoms with Crippen LogP contribution in [0, 0.1) is 0 Å². The highest BCUT2D eigenvalue weighted by molar-refractivity contribution is 5.82. The van der Waals surface area contributed by atoms with Gasteiger partial charge in [0.25, 0.3) is 5.91 Å². The second kappa shape index (κ2) is 9.05. The Morgan fingerprint density at radius 2 is 1.72 bits per heavy atom. The van der Waals surface area contributed by atoms with Crippen molar-refractivity contribution in [2.24, 2.45) is 5.10 Å². The van der Waals surface area contributed by atoms with Gasteiger partial charge in [-0.2, -0.15) is 5.10 Å². The second-order valence-corrected chi connectivity index (χ2v) is 6.11. The summed E-state index contributed by atoms with van der Waals surface area (Å²) in [5.41, 5.74) is 4.82. The Balaban J connectivity index is 1.37. The monoisotopic (exact) mass is 337 g/mol. The van der Waals surface area contributed by atoms with E-state index < -0.39 is 0 Å². The first-order valence-corrected chi connectivity index (χ1v) is 8.50. The van der Waals surface area contributed by atoms with Crippen molar-refractivity contribution in [1.82, 2.24) is 20.2 Å². The standard InChI is InChI=1S/C19H23N5O/c25-19(22-21-14-17-6-8-20-9-7-17)16-24-12-10-23(11-13-24)15-18-4-2-1-3-5-18/h1-9,14H,10-13,15-16H2,(H,22,25). The molecule has 0 saturated carbocycles. The summed E-state index contributed by atoms with van der Waals surface area (Å²) in [4.78, 5) is 20.5. The number of benzene rings is 1. The van der Waals surface area contributed by atoms with Gasteiger partial charge >= 0.3 is 0 Å². The molecule has 1 saturated heterocycles. The van der Waals surface area contributed by atoms with Crippen molar-refractivity contribution >= 4 is 12.1 Å². The minimum absolute atomic E-state index is 0.0817. The molecule has 6 heteroatoms. The van der Waals surface area contributed by atoms with Crippen molar-refractivity contribution < 1.29 is 4.79 Å². The molecule has 0 unspecified atom stereocenters. The highest BCUT2D eigenvalue weighted by Gasteiger charge is 2.18. The lowest BCUT2D eigenvalue weighted by Crippen LogP contribution is -2.48. The van der Waals surface area contributed by atoms with E-state index in [0.29, 0.717) is 6.54 Å². The van der Waals surface area contributed by atoms with Gasteiger partial charge in [0.1, 0.15) is 0 Å². The van der Waals surface area contributed by atoms with Crippen molar-refractivity contribution in [3.05, 3.63) is 66.0 Å². The Morgan fingerprint density at radius 1 is 1.04 bits per heavy atom. The Hall–Kier alpha value is -2.57. The summed E-state index contributed by atoms with van der Waals surface area (Å²) in [6, 6.07) is 14.2. The maximum absolute atomic E-state index is 12.0. The first kappa shape index (κ1) is 17.3. The van der Waals surface area contributed by atoms with Crippen molar-refractivity contribution in [2.75, 3.05) is 32.7 Å². The van der Waals surface area contributed by atoms with E-state index in [0.717, 1.165) is 38.3 Å². The summed E-state index contributed by atoms with van der Waals surface area (Å²) < 4.78 is 0. The molecular weight excluding hydrogens is 314 g/mol. The van der Waals surface area contributed by atoms with Crippen molar-refractivity contribution in [3.8, 4) is 0 Å². The third-order valence-electron chi connectivity index (χ3n) is 4.19. The predicted molar refractivity (Wildman–Crippen MR) is 98.1 cm³/mol. The molecule has 1 aliphatic heterocycles. The topological polar surface area (TPSA) is 60.8 Å². The molecular formula is C19H23N5O. The lowest BCUT2D eigenvalue weighted by molar-refractivity contribution is -0.122. The van der Waals surface area contributed by atoms with Gasteiger partial charge in [0.05, 0.1) is 12.8 Å². The van der Waals surface area contributed by atoms with Gasteiger partial charge < -0.3 is 0 Å². The molecule has 2 aromatic rings. The summed E-state index contributed by atoms with van der Waals surface area (Å²) in [5, 5.41) is 3.99. The second-order valence-electron chi connectivity index (χ2n) is 6.11. The van der Waals surface area contributed by atoms with Crippen LogP contribution in [0.1, 0.15) is 11.1 Å². The predicted octanol–water partition coefficient (Wildman–Crippen LogP) is 1.35. The SMILES string of the molecule is O=C(CN1CCN(Cc2ccccc2)CC1)NN=Cc1ccncc1. The van der Waals surface area contributed by atoms with E-state index in [1.54, 1.807) is 18.6 Å². The summed E-state index contributed by atoms with van der Waals surface area (Å²) >= 11 is 0. The van der Waals surface area contributed by atoms with E-state index in [4.69, 9.17) is 0 Å². The molecule has 2 heterocycles. The van der Waals surface area contributed by atoms with Crippen LogP contribution in [0.25, 0.3) is 0 Å². The van der Waals surface area contributed by atoms with Crippen LogP contribution < -0.4 is 5.43 Å². The minimum atomic E-state index is -0.0817. The molecule has 1 aliphatic rings. The number of pyridine rings is 1. The molecule has 3 rings (SSSR count). The van der Waals surface area contributed by atoms with Crippen molar-refractivity contribution in [2.45, 2.75) is 6.54 Å². The van der Waals surface area contributed by atoms with Crippen LogP contribution in [-0.2, 0) is 11.3 Å². The Kier molecular flexibility index (Phi) is 6.25. The lowest BCUT2D eigenvalue weighted by Gasteiger charge is -2.34. The van der Waals surface area contributed by atoms with Crippen LogP contribution in [0.15, 0.2) is 60.0 Å². The summed E-state index contributed by atoms with van der Waals surface area (Å²) in [7, 11) is 0. The van der Waals surface area contributed by atoms with Gasteiger partial charge in [-0.1, -0.05) is 30.3 Å². The molecule has 1 fully saturated rings. The van der Waals surface area contributed by atoms with E-state index in [-0.39, 0.29) is 5.91 Å². The highest BCUT2D eigenvalue weighted by atomic mass is 16.2. The van der Waals surface area contributed by atoms with Crippen LogP contribution in [0.4, 0.5) is 0 Å². The molecule has 6 nitrogen and oxygen atoms in total. The van der Waals surface area contributed by atoms with Crippen LogP contribution in [0.3, 0.4) is 0 Å². The number of carbonyl (C=O) groups is 1. The van der Waals surface area contributed by atoms with Gasteiger partial charge in [-0.25, -0.2) is 5.43 Å². The average Bonchev–Trinajstić information content (AvgIpc) is 2.65. The Bertz CT molecular complexity index is 681. The smallest absolute Gasteiger partial charge is 0.254 e. The van der Waals surface area contributed by atoms with E-state index in [1.165, 1.54) is 5.56 Å². The van der Waals surface area contributed by atoms with Gasteiger partial charge in [-0.3, -0.25) is 19.6 Å². The normalized spacial score (nSPS) is 16.2. The molecule has 1 aromatic heterocycles.